The van der Waals surface area contributed by atoms with Crippen LogP contribution in [-0.4, -0.2) is 24.1 Å². The summed E-state index contributed by atoms with van der Waals surface area (Å²) in [5, 5.41) is 1.21. The fraction of sp³-hybridized carbons (Fsp3) is 0.300. The van der Waals surface area contributed by atoms with Gasteiger partial charge in [0.25, 0.3) is 5.91 Å². The van der Waals surface area contributed by atoms with Crippen LogP contribution in [0.5, 0.6) is 0 Å². The molecule has 0 radical (unpaired) electrons. The molecule has 0 aromatic heterocycles. The molecule has 0 saturated carbocycles. The van der Waals surface area contributed by atoms with Gasteiger partial charge in [-0.2, -0.15) is 0 Å². The Morgan fingerprint density at radius 1 is 1.36 bits per heavy atom. The third-order valence-corrected chi connectivity index (χ3v) is 2.23. The molecular formula is C10H12N2O2. The molecule has 2 rings (SSSR count). The third-order valence-electron chi connectivity index (χ3n) is 2.23. The molecule has 1 unspecified atom stereocenters. The first-order valence-electron chi connectivity index (χ1n) is 4.51. The standard InChI is InChI=1S/C10H12N2O2/c11-12-6-7-14-9(10(12)13)8-4-2-1-3-5-8/h1-5,9H,6-7,11H2. The molecule has 4 heteroatoms. The summed E-state index contributed by atoms with van der Waals surface area (Å²) in [6.45, 7) is 0.948. The number of carbonyl (C=O) groups is 1. The molecule has 1 amide bonds. The van der Waals surface area contributed by atoms with Gasteiger partial charge in [-0.3, -0.25) is 9.80 Å². The van der Waals surface area contributed by atoms with Gasteiger partial charge >= 0.3 is 0 Å². The summed E-state index contributed by atoms with van der Waals surface area (Å²) in [6, 6.07) is 9.38. The van der Waals surface area contributed by atoms with Gasteiger partial charge in [-0.1, -0.05) is 30.3 Å². The average molecular weight is 192 g/mol. The fourth-order valence-electron chi connectivity index (χ4n) is 1.47. The molecule has 1 aromatic carbocycles. The van der Waals surface area contributed by atoms with Crippen LogP contribution >= 0.6 is 0 Å². The molecule has 1 atom stereocenters. The second kappa shape index (κ2) is 3.77. The van der Waals surface area contributed by atoms with Gasteiger partial charge in [0, 0.05) is 0 Å². The van der Waals surface area contributed by atoms with E-state index < -0.39 is 6.10 Å². The van der Waals surface area contributed by atoms with E-state index in [1.165, 1.54) is 5.01 Å². The number of nitrogens with zero attached hydrogens (tertiary/aromatic N) is 1. The van der Waals surface area contributed by atoms with Crippen LogP contribution in [0.1, 0.15) is 11.7 Å². The van der Waals surface area contributed by atoms with Gasteiger partial charge in [0.2, 0.25) is 0 Å². The summed E-state index contributed by atoms with van der Waals surface area (Å²) < 4.78 is 5.38. The SMILES string of the molecule is NN1CCOC(c2ccccc2)C1=O. The molecule has 2 N–H and O–H groups in total. The minimum Gasteiger partial charge on any atom is -0.362 e. The number of ether oxygens (including phenoxy) is 1. The van der Waals surface area contributed by atoms with Crippen molar-refractivity contribution in [3.05, 3.63) is 35.9 Å². The van der Waals surface area contributed by atoms with Gasteiger partial charge in [-0.05, 0) is 5.56 Å². The zero-order valence-corrected chi connectivity index (χ0v) is 7.72. The molecular weight excluding hydrogens is 180 g/mol. The Kier molecular flexibility index (Phi) is 2.47. The second-order valence-corrected chi connectivity index (χ2v) is 3.19. The maximum absolute atomic E-state index is 11.6. The first-order valence-corrected chi connectivity index (χ1v) is 4.51. The number of hydrazine groups is 1. The first kappa shape index (κ1) is 9.18. The number of hydrogen-bond donors (Lipinski definition) is 1. The molecule has 1 aliphatic heterocycles. The zero-order valence-electron chi connectivity index (χ0n) is 7.72. The van der Waals surface area contributed by atoms with Crippen molar-refractivity contribution in [1.29, 1.82) is 0 Å². The van der Waals surface area contributed by atoms with E-state index in [1.807, 2.05) is 30.3 Å². The van der Waals surface area contributed by atoms with E-state index in [-0.39, 0.29) is 5.91 Å². The summed E-state index contributed by atoms with van der Waals surface area (Å²) in [5.41, 5.74) is 0.854. The van der Waals surface area contributed by atoms with Crippen LogP contribution in [0.4, 0.5) is 0 Å². The van der Waals surface area contributed by atoms with Crippen LogP contribution < -0.4 is 5.84 Å². The van der Waals surface area contributed by atoms with E-state index in [9.17, 15) is 4.79 Å². The molecule has 1 heterocycles. The predicted octanol–water partition coefficient (Wildman–Crippen LogP) is 0.460. The van der Waals surface area contributed by atoms with Crippen LogP contribution in [0.25, 0.3) is 0 Å². The molecule has 1 aromatic rings. The topological polar surface area (TPSA) is 55.6 Å². The lowest BCUT2D eigenvalue weighted by Crippen LogP contribution is -2.47. The van der Waals surface area contributed by atoms with Crippen molar-refractivity contribution < 1.29 is 9.53 Å². The summed E-state index contributed by atoms with van der Waals surface area (Å²) in [5.74, 6) is 5.33. The molecule has 14 heavy (non-hydrogen) atoms. The highest BCUT2D eigenvalue weighted by Crippen LogP contribution is 2.21. The first-order chi connectivity index (χ1) is 6.79. The van der Waals surface area contributed by atoms with Gasteiger partial charge in [0.05, 0.1) is 13.2 Å². The van der Waals surface area contributed by atoms with Crippen LogP contribution in [0.2, 0.25) is 0 Å². The Bertz CT molecular complexity index is 326. The molecule has 0 aliphatic carbocycles. The number of carbonyl (C=O) groups excluding carboxylic acids is 1. The van der Waals surface area contributed by atoms with E-state index in [0.717, 1.165) is 5.56 Å². The second-order valence-electron chi connectivity index (χ2n) is 3.19. The highest BCUT2D eigenvalue weighted by atomic mass is 16.5. The highest BCUT2D eigenvalue weighted by molar-refractivity contribution is 5.82. The Morgan fingerprint density at radius 3 is 2.79 bits per heavy atom. The summed E-state index contributed by atoms with van der Waals surface area (Å²) in [6.07, 6.45) is -0.532. The van der Waals surface area contributed by atoms with E-state index in [4.69, 9.17) is 10.6 Å². The van der Waals surface area contributed by atoms with Crippen molar-refractivity contribution in [3.63, 3.8) is 0 Å². The molecule has 1 aliphatic rings. The minimum absolute atomic E-state index is 0.178. The molecule has 4 nitrogen and oxygen atoms in total. The van der Waals surface area contributed by atoms with E-state index >= 15 is 0 Å². The molecule has 1 saturated heterocycles. The maximum Gasteiger partial charge on any atom is 0.270 e. The lowest BCUT2D eigenvalue weighted by atomic mass is 10.1. The van der Waals surface area contributed by atoms with Crippen molar-refractivity contribution in [1.82, 2.24) is 5.01 Å². The van der Waals surface area contributed by atoms with Gasteiger partial charge < -0.3 is 4.74 Å². The van der Waals surface area contributed by atoms with Crippen LogP contribution in [0.3, 0.4) is 0 Å². The Hall–Kier alpha value is -1.39. The summed E-state index contributed by atoms with van der Waals surface area (Å²) >= 11 is 0. The van der Waals surface area contributed by atoms with Gasteiger partial charge in [-0.15, -0.1) is 0 Å². The molecule has 1 fully saturated rings. The normalized spacial score (nSPS) is 22.5. The van der Waals surface area contributed by atoms with E-state index in [2.05, 4.69) is 0 Å². The van der Waals surface area contributed by atoms with Crippen molar-refractivity contribution in [2.45, 2.75) is 6.10 Å². The number of amides is 1. The van der Waals surface area contributed by atoms with Crippen molar-refractivity contribution in [2.75, 3.05) is 13.2 Å². The number of rotatable bonds is 1. The van der Waals surface area contributed by atoms with Gasteiger partial charge in [0.1, 0.15) is 0 Å². The number of nitrogens with two attached hydrogens (primary N) is 1. The Labute approximate surface area is 82.2 Å². The lowest BCUT2D eigenvalue weighted by molar-refractivity contribution is -0.153. The Morgan fingerprint density at radius 2 is 2.07 bits per heavy atom. The van der Waals surface area contributed by atoms with E-state index in [1.54, 1.807) is 0 Å². The minimum atomic E-state index is -0.532. The third kappa shape index (κ3) is 1.62. The number of hydrogen-bond acceptors (Lipinski definition) is 3. The number of benzene rings is 1. The van der Waals surface area contributed by atoms with Gasteiger partial charge in [-0.25, -0.2) is 5.84 Å². The van der Waals surface area contributed by atoms with Crippen LogP contribution in [-0.2, 0) is 9.53 Å². The number of morpholine rings is 1. The summed E-state index contributed by atoms with van der Waals surface area (Å²) in [4.78, 5) is 11.6. The molecule has 0 bridgehead atoms. The smallest absolute Gasteiger partial charge is 0.270 e. The fourth-order valence-corrected chi connectivity index (χ4v) is 1.47. The maximum atomic E-state index is 11.6. The highest BCUT2D eigenvalue weighted by Gasteiger charge is 2.28. The predicted molar refractivity (Wildman–Crippen MR) is 51.0 cm³/mol. The lowest BCUT2D eigenvalue weighted by Gasteiger charge is -2.28. The summed E-state index contributed by atoms with van der Waals surface area (Å²) in [7, 11) is 0. The van der Waals surface area contributed by atoms with Crippen LogP contribution in [0.15, 0.2) is 30.3 Å². The molecule has 74 valence electrons. The molecule has 0 spiro atoms. The monoisotopic (exact) mass is 192 g/mol. The zero-order chi connectivity index (χ0) is 9.97. The van der Waals surface area contributed by atoms with E-state index in [0.29, 0.717) is 13.2 Å². The van der Waals surface area contributed by atoms with Crippen molar-refractivity contribution >= 4 is 5.91 Å². The quantitative estimate of drug-likeness (QED) is 0.519. The largest absolute Gasteiger partial charge is 0.362 e. The van der Waals surface area contributed by atoms with Crippen LogP contribution in [0, 0.1) is 0 Å². The average Bonchev–Trinajstić information content (AvgIpc) is 2.23. The van der Waals surface area contributed by atoms with Crippen molar-refractivity contribution in [3.8, 4) is 0 Å². The Balaban J connectivity index is 2.22. The van der Waals surface area contributed by atoms with Gasteiger partial charge in [0.15, 0.2) is 6.10 Å². The van der Waals surface area contributed by atoms with Crippen molar-refractivity contribution in [2.24, 2.45) is 5.84 Å².